The van der Waals surface area contributed by atoms with Crippen molar-refractivity contribution in [2.45, 2.75) is 49.2 Å². The molecule has 6 atom stereocenters. The van der Waals surface area contributed by atoms with Crippen molar-refractivity contribution in [2.24, 2.45) is 11.3 Å². The van der Waals surface area contributed by atoms with E-state index in [4.69, 9.17) is 4.74 Å². The molecular weight excluding hydrogens is 367 g/mol. The number of likely N-dealkylation sites (N-methyl/N-ethyl adjacent to an activating group) is 1. The lowest BCUT2D eigenvalue weighted by atomic mass is 9.37. The number of likely N-dealkylation sites (tertiary alicyclic amines) is 1. The first kappa shape index (κ1) is 17.8. The van der Waals surface area contributed by atoms with Gasteiger partial charge in [0.2, 0.25) is 13.3 Å². The molecule has 1 saturated heterocycles. The maximum atomic E-state index is 13.3. The second-order valence-corrected chi connectivity index (χ2v) is 9.59. The van der Waals surface area contributed by atoms with Crippen LogP contribution in [0.2, 0.25) is 6.82 Å². The number of carbonyl (C=O) groups excluding carboxylic acids is 1. The average molecular weight is 393 g/mol. The fourth-order valence-corrected chi connectivity index (χ4v) is 7.41. The van der Waals surface area contributed by atoms with Crippen molar-refractivity contribution in [2.75, 3.05) is 20.6 Å². The fourth-order valence-electron chi connectivity index (χ4n) is 7.41. The number of piperidine rings is 1. The maximum absolute atomic E-state index is 13.3. The van der Waals surface area contributed by atoms with Crippen LogP contribution < -0.4 is 4.74 Å². The zero-order chi connectivity index (χ0) is 20.3. The first-order valence-electron chi connectivity index (χ1n) is 10.5. The Bertz CT molecular complexity index is 982. The summed E-state index contributed by atoms with van der Waals surface area (Å²) in [7, 11) is 5.65. The Balaban J connectivity index is 1.63. The van der Waals surface area contributed by atoms with E-state index in [2.05, 4.69) is 18.0 Å². The van der Waals surface area contributed by atoms with Crippen LogP contribution in [0, 0.1) is 11.3 Å². The standard InChI is InChI=1S/C22H26BN2O4/c1-23-25(3)18(27)13-11-20-6-7-22(13,28)19-21(20)8-9-24(2)15(20)10-12-4-5-14(26)17(29-19)16(12)21/h4-7,13,15,19,26,28H,8-11H2,1-3H3/t13-,15-,19?,20-,21+,22?/m1/s1. The lowest BCUT2D eigenvalue weighted by molar-refractivity contribution is -0.206. The van der Waals surface area contributed by atoms with Crippen molar-refractivity contribution in [3.05, 3.63) is 35.4 Å². The predicted molar refractivity (Wildman–Crippen MR) is 108 cm³/mol. The smallest absolute Gasteiger partial charge is 0.246 e. The largest absolute Gasteiger partial charge is 0.504 e. The summed E-state index contributed by atoms with van der Waals surface area (Å²) in [5, 5.41) is 22.6. The first-order chi connectivity index (χ1) is 13.8. The Morgan fingerprint density at radius 3 is 2.93 bits per heavy atom. The molecule has 2 unspecified atom stereocenters. The van der Waals surface area contributed by atoms with E-state index in [1.165, 1.54) is 5.56 Å². The van der Waals surface area contributed by atoms with Crippen molar-refractivity contribution in [1.82, 2.24) is 9.71 Å². The summed E-state index contributed by atoms with van der Waals surface area (Å²) < 4.78 is 6.42. The Morgan fingerprint density at radius 2 is 2.17 bits per heavy atom. The zero-order valence-corrected chi connectivity index (χ0v) is 17.1. The van der Waals surface area contributed by atoms with E-state index in [0.29, 0.717) is 12.2 Å². The number of aliphatic hydroxyl groups is 1. The second kappa shape index (κ2) is 5.19. The van der Waals surface area contributed by atoms with Gasteiger partial charge in [0.15, 0.2) is 11.5 Å². The van der Waals surface area contributed by atoms with Gasteiger partial charge in [-0.1, -0.05) is 25.0 Å². The lowest BCUT2D eigenvalue weighted by Gasteiger charge is -2.70. The quantitative estimate of drug-likeness (QED) is 0.581. The Morgan fingerprint density at radius 1 is 1.38 bits per heavy atom. The zero-order valence-electron chi connectivity index (χ0n) is 17.1. The van der Waals surface area contributed by atoms with Crippen LogP contribution >= 0.6 is 0 Å². The number of rotatable bonds is 2. The molecule has 2 fully saturated rings. The Kier molecular flexibility index (Phi) is 3.19. The number of ether oxygens (including phenoxy) is 1. The van der Waals surface area contributed by atoms with Gasteiger partial charge in [-0.3, -0.25) is 4.79 Å². The fraction of sp³-hybridized carbons (Fsp3) is 0.591. The molecule has 6 nitrogen and oxygen atoms in total. The SMILES string of the molecule is C[B]N(C)C(=O)[C@H]1C[C@@]23C=CC1(O)C1Oc4c(O)ccc5c4[C@@]12CCN(C)[C@@H]3C5. The van der Waals surface area contributed by atoms with Gasteiger partial charge < -0.3 is 24.7 Å². The Hall–Kier alpha value is -1.99. The number of nitrogens with zero attached hydrogens (tertiary/aromatic N) is 2. The third-order valence-corrected chi connectivity index (χ3v) is 8.78. The highest BCUT2D eigenvalue weighted by Gasteiger charge is 2.79. The summed E-state index contributed by atoms with van der Waals surface area (Å²) in [6.45, 7) is 2.74. The highest BCUT2D eigenvalue weighted by Crippen LogP contribution is 2.74. The number of phenols is 1. The van der Waals surface area contributed by atoms with Crippen LogP contribution in [0.4, 0.5) is 0 Å². The van der Waals surface area contributed by atoms with Gasteiger partial charge in [-0.15, -0.1) is 0 Å². The monoisotopic (exact) mass is 393 g/mol. The van der Waals surface area contributed by atoms with E-state index in [-0.39, 0.29) is 23.1 Å². The molecule has 151 valence electrons. The molecule has 1 aromatic rings. The van der Waals surface area contributed by atoms with E-state index in [0.717, 1.165) is 24.9 Å². The van der Waals surface area contributed by atoms with Crippen molar-refractivity contribution in [1.29, 1.82) is 0 Å². The van der Waals surface area contributed by atoms with Crippen LogP contribution in [0.15, 0.2) is 24.3 Å². The highest BCUT2D eigenvalue weighted by atomic mass is 16.5. The van der Waals surface area contributed by atoms with Gasteiger partial charge in [-0.05, 0) is 51.5 Å². The van der Waals surface area contributed by atoms with Gasteiger partial charge in [-0.2, -0.15) is 0 Å². The van der Waals surface area contributed by atoms with E-state index in [1.54, 1.807) is 25.3 Å². The van der Waals surface area contributed by atoms with E-state index < -0.39 is 23.0 Å². The summed E-state index contributed by atoms with van der Waals surface area (Å²) in [6.07, 6.45) is 5.76. The molecule has 0 aromatic heterocycles. The van der Waals surface area contributed by atoms with E-state index in [9.17, 15) is 15.0 Å². The molecule has 29 heavy (non-hydrogen) atoms. The topological polar surface area (TPSA) is 73.2 Å². The van der Waals surface area contributed by atoms with Crippen LogP contribution in [0.1, 0.15) is 24.0 Å². The minimum atomic E-state index is -1.39. The third-order valence-electron chi connectivity index (χ3n) is 8.78. The lowest BCUT2D eigenvalue weighted by Crippen LogP contribution is -2.79. The van der Waals surface area contributed by atoms with Gasteiger partial charge >= 0.3 is 0 Å². The molecule has 2 spiro atoms. The molecule has 7 rings (SSSR count). The summed E-state index contributed by atoms with van der Waals surface area (Å²) >= 11 is 0. The number of fused-ring (bicyclic) bond motifs is 1. The van der Waals surface area contributed by atoms with Crippen molar-refractivity contribution in [3.63, 3.8) is 0 Å². The summed E-state index contributed by atoms with van der Waals surface area (Å²) in [5.41, 5.74) is 0.192. The molecule has 2 heterocycles. The molecule has 6 aliphatic rings. The van der Waals surface area contributed by atoms with E-state index in [1.807, 2.05) is 19.0 Å². The molecule has 4 aliphatic carbocycles. The normalized spacial score (nSPS) is 43.0. The molecule has 1 saturated carbocycles. The molecule has 1 radical (unpaired) electrons. The summed E-state index contributed by atoms with van der Waals surface area (Å²) in [4.78, 5) is 17.3. The summed E-state index contributed by atoms with van der Waals surface area (Å²) in [6, 6.07) is 3.95. The number of amides is 1. The molecule has 4 bridgehead atoms. The van der Waals surface area contributed by atoms with Crippen molar-refractivity contribution in [3.8, 4) is 11.5 Å². The number of benzene rings is 1. The molecule has 1 amide bonds. The third kappa shape index (κ3) is 1.70. The molecule has 2 N–H and O–H groups in total. The van der Waals surface area contributed by atoms with Crippen LogP contribution in [-0.2, 0) is 16.6 Å². The van der Waals surface area contributed by atoms with E-state index >= 15 is 0 Å². The van der Waals surface area contributed by atoms with Crippen LogP contribution in [0.25, 0.3) is 0 Å². The molecule has 1 aromatic carbocycles. The number of hydrogen-bond donors (Lipinski definition) is 2. The van der Waals surface area contributed by atoms with Crippen molar-refractivity contribution >= 4 is 13.3 Å². The maximum Gasteiger partial charge on any atom is 0.246 e. The molecule has 2 aliphatic heterocycles. The number of phenolic OH excluding ortho intramolecular Hbond substituents is 1. The molecule has 7 heteroatoms. The van der Waals surface area contributed by atoms with Gasteiger partial charge in [0.1, 0.15) is 11.7 Å². The Labute approximate surface area is 171 Å². The van der Waals surface area contributed by atoms with Gasteiger partial charge in [-0.25, -0.2) is 0 Å². The minimum absolute atomic E-state index is 0.0797. The second-order valence-electron chi connectivity index (χ2n) is 9.59. The van der Waals surface area contributed by atoms with Gasteiger partial charge in [0, 0.05) is 17.0 Å². The van der Waals surface area contributed by atoms with Crippen LogP contribution in [-0.4, -0.2) is 71.6 Å². The predicted octanol–water partition coefficient (Wildman–Crippen LogP) is 1.08. The number of hydrogen-bond acceptors (Lipinski definition) is 5. The molecular formula is C22H26BN2O4. The average Bonchev–Trinajstić information content (AvgIpc) is 3.09. The first-order valence-corrected chi connectivity index (χ1v) is 10.5. The number of aromatic hydroxyl groups is 1. The van der Waals surface area contributed by atoms with Gasteiger partial charge in [0.25, 0.3) is 0 Å². The number of carbonyl (C=O) groups is 1. The summed E-state index contributed by atoms with van der Waals surface area (Å²) in [5.74, 6) is -0.00171. The highest BCUT2D eigenvalue weighted by molar-refractivity contribution is 6.35. The van der Waals surface area contributed by atoms with Gasteiger partial charge in [0.05, 0.1) is 11.3 Å². The van der Waals surface area contributed by atoms with Crippen molar-refractivity contribution < 1.29 is 19.7 Å². The van der Waals surface area contributed by atoms with Crippen LogP contribution in [0.5, 0.6) is 11.5 Å². The minimum Gasteiger partial charge on any atom is -0.504 e. The van der Waals surface area contributed by atoms with Crippen LogP contribution in [0.3, 0.4) is 0 Å².